The number of phenolic OH excluding ortho intramolecular Hbond substituents is 1. The van der Waals surface area contributed by atoms with Gasteiger partial charge in [0.15, 0.2) is 5.43 Å². The van der Waals surface area contributed by atoms with Crippen LogP contribution >= 0.6 is 0 Å². The van der Waals surface area contributed by atoms with E-state index in [4.69, 9.17) is 4.42 Å². The molecule has 2 aromatic carbocycles. The summed E-state index contributed by atoms with van der Waals surface area (Å²) >= 11 is 0. The lowest BCUT2D eigenvalue weighted by Gasteiger charge is -2.07. The second kappa shape index (κ2) is 4.85. The summed E-state index contributed by atoms with van der Waals surface area (Å²) in [5.41, 5.74) is 2.12. The molecule has 0 saturated heterocycles. The van der Waals surface area contributed by atoms with E-state index in [-0.39, 0.29) is 11.2 Å². The first-order valence-electron chi connectivity index (χ1n) is 6.44. The molecule has 0 aliphatic rings. The number of hydrogen-bond donors (Lipinski definition) is 1. The van der Waals surface area contributed by atoms with E-state index in [0.717, 1.165) is 5.56 Å². The molecule has 0 atom stereocenters. The minimum Gasteiger partial charge on any atom is -0.508 e. The molecule has 3 heteroatoms. The summed E-state index contributed by atoms with van der Waals surface area (Å²) in [4.78, 5) is 12.5. The molecule has 0 aliphatic heterocycles. The lowest BCUT2D eigenvalue weighted by Crippen LogP contribution is -2.11. The van der Waals surface area contributed by atoms with Crippen molar-refractivity contribution in [2.24, 2.45) is 0 Å². The Morgan fingerprint density at radius 3 is 2.60 bits per heavy atom. The predicted octanol–water partition coefficient (Wildman–Crippen LogP) is 3.40. The van der Waals surface area contributed by atoms with Gasteiger partial charge in [-0.05, 0) is 24.6 Å². The third kappa shape index (κ3) is 2.18. The average Bonchev–Trinajstić information content (AvgIpc) is 2.44. The van der Waals surface area contributed by atoms with Gasteiger partial charge >= 0.3 is 0 Å². The smallest absolute Gasteiger partial charge is 0.196 e. The summed E-state index contributed by atoms with van der Waals surface area (Å²) in [5, 5.41) is 9.95. The van der Waals surface area contributed by atoms with Crippen LogP contribution in [0.3, 0.4) is 0 Å². The van der Waals surface area contributed by atoms with Crippen molar-refractivity contribution in [1.29, 1.82) is 0 Å². The molecule has 1 aromatic heterocycles. The Kier molecular flexibility index (Phi) is 3.03. The Labute approximate surface area is 116 Å². The summed E-state index contributed by atoms with van der Waals surface area (Å²) in [6, 6.07) is 14.4. The van der Waals surface area contributed by atoms with Gasteiger partial charge in [0.25, 0.3) is 0 Å². The van der Waals surface area contributed by atoms with Gasteiger partial charge in [0.1, 0.15) is 17.1 Å². The van der Waals surface area contributed by atoms with Crippen molar-refractivity contribution in [3.8, 4) is 5.75 Å². The number of phenols is 1. The molecule has 3 rings (SSSR count). The maximum absolute atomic E-state index is 12.5. The standard InChI is InChI=1S/C17H14O3/c1-11-15(9-12-5-3-2-4-6-12)17(19)14-8-7-13(18)10-16(14)20-11/h2-8,10,18H,9H2,1H3. The summed E-state index contributed by atoms with van der Waals surface area (Å²) in [6.45, 7) is 1.78. The lowest BCUT2D eigenvalue weighted by molar-refractivity contribution is 0.473. The number of rotatable bonds is 2. The van der Waals surface area contributed by atoms with Crippen molar-refractivity contribution >= 4 is 11.0 Å². The van der Waals surface area contributed by atoms with Crippen molar-refractivity contribution in [3.63, 3.8) is 0 Å². The van der Waals surface area contributed by atoms with Crippen molar-refractivity contribution in [1.82, 2.24) is 0 Å². The van der Waals surface area contributed by atoms with Gasteiger partial charge in [-0.2, -0.15) is 0 Å². The van der Waals surface area contributed by atoms with Crippen molar-refractivity contribution in [2.75, 3.05) is 0 Å². The van der Waals surface area contributed by atoms with E-state index in [1.807, 2.05) is 30.3 Å². The monoisotopic (exact) mass is 266 g/mol. The number of fused-ring (bicyclic) bond motifs is 1. The Morgan fingerprint density at radius 2 is 1.85 bits per heavy atom. The van der Waals surface area contributed by atoms with Crippen LogP contribution in [0.15, 0.2) is 57.7 Å². The molecule has 0 aliphatic carbocycles. The largest absolute Gasteiger partial charge is 0.508 e. The van der Waals surface area contributed by atoms with E-state index in [9.17, 15) is 9.90 Å². The first kappa shape index (κ1) is 12.5. The van der Waals surface area contributed by atoms with Crippen LogP contribution in [0.25, 0.3) is 11.0 Å². The van der Waals surface area contributed by atoms with Crippen LogP contribution < -0.4 is 5.43 Å². The Bertz CT molecular complexity index is 817. The second-order valence-electron chi connectivity index (χ2n) is 4.81. The molecule has 0 amide bonds. The van der Waals surface area contributed by atoms with Crippen molar-refractivity contribution in [2.45, 2.75) is 13.3 Å². The molecule has 1 heterocycles. The third-order valence-corrected chi connectivity index (χ3v) is 3.40. The molecule has 100 valence electrons. The molecule has 20 heavy (non-hydrogen) atoms. The van der Waals surface area contributed by atoms with Crippen LogP contribution in [-0.2, 0) is 6.42 Å². The first-order valence-corrected chi connectivity index (χ1v) is 6.44. The van der Waals surface area contributed by atoms with Gasteiger partial charge in [-0.3, -0.25) is 4.79 Å². The van der Waals surface area contributed by atoms with E-state index in [1.165, 1.54) is 12.1 Å². The van der Waals surface area contributed by atoms with Gasteiger partial charge in [-0.1, -0.05) is 30.3 Å². The predicted molar refractivity (Wildman–Crippen MR) is 78.1 cm³/mol. The minimum atomic E-state index is -0.0346. The van der Waals surface area contributed by atoms with Crippen molar-refractivity contribution in [3.05, 3.63) is 75.6 Å². The molecule has 0 unspecified atom stereocenters. The van der Waals surface area contributed by atoms with Gasteiger partial charge in [-0.25, -0.2) is 0 Å². The van der Waals surface area contributed by atoms with E-state index >= 15 is 0 Å². The highest BCUT2D eigenvalue weighted by molar-refractivity contribution is 5.78. The Balaban J connectivity index is 2.17. The van der Waals surface area contributed by atoms with E-state index in [1.54, 1.807) is 13.0 Å². The highest BCUT2D eigenvalue weighted by atomic mass is 16.3. The molecule has 3 aromatic rings. The zero-order chi connectivity index (χ0) is 14.1. The Morgan fingerprint density at radius 1 is 1.10 bits per heavy atom. The molecular weight excluding hydrogens is 252 g/mol. The summed E-state index contributed by atoms with van der Waals surface area (Å²) in [6.07, 6.45) is 0.547. The van der Waals surface area contributed by atoms with E-state index < -0.39 is 0 Å². The molecule has 0 radical (unpaired) electrons. The Hall–Kier alpha value is -2.55. The maximum Gasteiger partial charge on any atom is 0.196 e. The van der Waals surface area contributed by atoms with Gasteiger partial charge < -0.3 is 9.52 Å². The second-order valence-corrected chi connectivity index (χ2v) is 4.81. The van der Waals surface area contributed by atoms with E-state index in [2.05, 4.69) is 0 Å². The van der Waals surface area contributed by atoms with Crippen LogP contribution in [0.4, 0.5) is 0 Å². The lowest BCUT2D eigenvalue weighted by atomic mass is 10.0. The van der Waals surface area contributed by atoms with E-state index in [0.29, 0.717) is 28.7 Å². The molecule has 0 fully saturated rings. The van der Waals surface area contributed by atoms with Crippen LogP contribution in [-0.4, -0.2) is 5.11 Å². The highest BCUT2D eigenvalue weighted by Gasteiger charge is 2.12. The number of aromatic hydroxyl groups is 1. The van der Waals surface area contributed by atoms with Crippen LogP contribution in [0.5, 0.6) is 5.75 Å². The first-order chi connectivity index (χ1) is 9.65. The molecule has 3 nitrogen and oxygen atoms in total. The number of benzene rings is 2. The van der Waals surface area contributed by atoms with Gasteiger partial charge in [0.2, 0.25) is 0 Å². The normalized spacial score (nSPS) is 10.8. The number of aryl methyl sites for hydroxylation is 1. The fraction of sp³-hybridized carbons (Fsp3) is 0.118. The van der Waals surface area contributed by atoms with Crippen LogP contribution in [0.2, 0.25) is 0 Å². The molecule has 1 N–H and O–H groups in total. The SMILES string of the molecule is Cc1oc2cc(O)ccc2c(=O)c1Cc1ccccc1. The summed E-state index contributed by atoms with van der Waals surface area (Å²) < 4.78 is 5.67. The van der Waals surface area contributed by atoms with Gasteiger partial charge in [0.05, 0.1) is 5.39 Å². The third-order valence-electron chi connectivity index (χ3n) is 3.40. The average molecular weight is 266 g/mol. The summed E-state index contributed by atoms with van der Waals surface area (Å²) in [5.74, 6) is 0.688. The molecule has 0 saturated carbocycles. The zero-order valence-corrected chi connectivity index (χ0v) is 11.1. The van der Waals surface area contributed by atoms with Crippen molar-refractivity contribution < 1.29 is 9.52 Å². The fourth-order valence-electron chi connectivity index (χ4n) is 2.34. The highest BCUT2D eigenvalue weighted by Crippen LogP contribution is 2.21. The quantitative estimate of drug-likeness (QED) is 0.773. The van der Waals surface area contributed by atoms with Gasteiger partial charge in [-0.15, -0.1) is 0 Å². The topological polar surface area (TPSA) is 50.4 Å². The summed E-state index contributed by atoms with van der Waals surface area (Å²) in [7, 11) is 0. The molecule has 0 bridgehead atoms. The molecular formula is C17H14O3. The fourth-order valence-corrected chi connectivity index (χ4v) is 2.34. The number of hydrogen-bond acceptors (Lipinski definition) is 3. The van der Waals surface area contributed by atoms with Crippen LogP contribution in [0, 0.1) is 6.92 Å². The zero-order valence-electron chi connectivity index (χ0n) is 11.1. The molecule has 0 spiro atoms. The minimum absolute atomic E-state index is 0.0346. The van der Waals surface area contributed by atoms with Crippen LogP contribution in [0.1, 0.15) is 16.9 Å². The van der Waals surface area contributed by atoms with Gasteiger partial charge in [0, 0.05) is 18.1 Å². The maximum atomic E-state index is 12.5.